The molecule has 0 aromatic carbocycles. The lowest BCUT2D eigenvalue weighted by Gasteiger charge is -2.02. The summed E-state index contributed by atoms with van der Waals surface area (Å²) in [6, 6.07) is 2.25. The summed E-state index contributed by atoms with van der Waals surface area (Å²) >= 11 is 0. The van der Waals surface area contributed by atoms with Crippen LogP contribution >= 0.6 is 0 Å². The van der Waals surface area contributed by atoms with Crippen LogP contribution in [-0.4, -0.2) is 31.1 Å². The molecule has 1 heterocycles. The van der Waals surface area contributed by atoms with E-state index in [-0.39, 0.29) is 12.0 Å². The first kappa shape index (κ1) is 6.53. The SMILES string of the molecule is CN1CC(N)C(C#N)C1. The van der Waals surface area contributed by atoms with Crippen LogP contribution in [0.2, 0.25) is 0 Å². The van der Waals surface area contributed by atoms with E-state index in [2.05, 4.69) is 11.0 Å². The normalized spacial score (nSPS) is 36.6. The van der Waals surface area contributed by atoms with Gasteiger partial charge in [0.05, 0.1) is 12.0 Å². The first-order chi connectivity index (χ1) is 4.24. The summed E-state index contributed by atoms with van der Waals surface area (Å²) in [5, 5.41) is 8.50. The summed E-state index contributed by atoms with van der Waals surface area (Å²) in [5.74, 6) is 0.0509. The Hall–Kier alpha value is -0.590. The molecule has 0 saturated carbocycles. The quantitative estimate of drug-likeness (QED) is 0.470. The first-order valence-corrected chi connectivity index (χ1v) is 3.08. The molecule has 3 nitrogen and oxygen atoms in total. The predicted octanol–water partition coefficient (Wildman–Crippen LogP) is -0.601. The maximum absolute atomic E-state index is 8.50. The van der Waals surface area contributed by atoms with Crippen LogP contribution in [0, 0.1) is 17.2 Å². The third-order valence-electron chi connectivity index (χ3n) is 1.71. The van der Waals surface area contributed by atoms with Crippen LogP contribution < -0.4 is 5.73 Å². The van der Waals surface area contributed by atoms with Crippen molar-refractivity contribution in [3.8, 4) is 6.07 Å². The lowest BCUT2D eigenvalue weighted by Crippen LogP contribution is -2.28. The Labute approximate surface area is 55.1 Å². The smallest absolute Gasteiger partial charge is 0.0753 e. The highest BCUT2D eigenvalue weighted by Gasteiger charge is 2.26. The fourth-order valence-corrected chi connectivity index (χ4v) is 1.17. The minimum atomic E-state index is 0.0509. The van der Waals surface area contributed by atoms with Gasteiger partial charge in [-0.2, -0.15) is 5.26 Å². The van der Waals surface area contributed by atoms with Gasteiger partial charge in [-0.1, -0.05) is 0 Å². The van der Waals surface area contributed by atoms with Crippen molar-refractivity contribution >= 4 is 0 Å². The Morgan fingerprint density at radius 2 is 2.33 bits per heavy atom. The van der Waals surface area contributed by atoms with Gasteiger partial charge in [0.25, 0.3) is 0 Å². The fraction of sp³-hybridized carbons (Fsp3) is 0.833. The molecule has 0 aliphatic carbocycles. The Kier molecular flexibility index (Phi) is 1.70. The summed E-state index contributed by atoms with van der Waals surface area (Å²) < 4.78 is 0. The molecule has 3 heteroatoms. The van der Waals surface area contributed by atoms with E-state index in [1.165, 1.54) is 0 Å². The molecule has 2 N–H and O–H groups in total. The molecule has 0 spiro atoms. The van der Waals surface area contributed by atoms with Crippen molar-refractivity contribution < 1.29 is 0 Å². The number of nitrogens with two attached hydrogens (primary N) is 1. The van der Waals surface area contributed by atoms with Gasteiger partial charge in [-0.15, -0.1) is 0 Å². The molecule has 0 aromatic rings. The molecule has 1 rings (SSSR count). The van der Waals surface area contributed by atoms with Crippen molar-refractivity contribution in [1.82, 2.24) is 4.90 Å². The third-order valence-corrected chi connectivity index (χ3v) is 1.71. The average molecular weight is 125 g/mol. The molecule has 1 aliphatic heterocycles. The molecular formula is C6H11N3. The highest BCUT2D eigenvalue weighted by Crippen LogP contribution is 2.11. The molecule has 0 radical (unpaired) electrons. The minimum Gasteiger partial charge on any atom is -0.325 e. The summed E-state index contributed by atoms with van der Waals surface area (Å²) in [6.45, 7) is 1.69. The van der Waals surface area contributed by atoms with Gasteiger partial charge in [0, 0.05) is 19.1 Å². The Bertz CT molecular complexity index is 138. The summed E-state index contributed by atoms with van der Waals surface area (Å²) in [7, 11) is 1.98. The molecule has 0 bridgehead atoms. The van der Waals surface area contributed by atoms with Gasteiger partial charge in [-0.3, -0.25) is 0 Å². The highest BCUT2D eigenvalue weighted by atomic mass is 15.1. The number of nitriles is 1. The van der Waals surface area contributed by atoms with Crippen molar-refractivity contribution in [2.75, 3.05) is 20.1 Å². The van der Waals surface area contributed by atoms with E-state index in [1.807, 2.05) is 7.05 Å². The van der Waals surface area contributed by atoms with E-state index in [0.29, 0.717) is 0 Å². The first-order valence-electron chi connectivity index (χ1n) is 3.08. The van der Waals surface area contributed by atoms with Gasteiger partial charge in [0.1, 0.15) is 0 Å². The topological polar surface area (TPSA) is 53.0 Å². The van der Waals surface area contributed by atoms with Crippen LogP contribution in [0.4, 0.5) is 0 Å². The van der Waals surface area contributed by atoms with Crippen molar-refractivity contribution in [2.45, 2.75) is 6.04 Å². The largest absolute Gasteiger partial charge is 0.325 e. The molecule has 0 amide bonds. The molecule has 0 aromatic heterocycles. The molecule has 9 heavy (non-hydrogen) atoms. The molecule has 2 atom stereocenters. The second-order valence-electron chi connectivity index (χ2n) is 2.62. The van der Waals surface area contributed by atoms with Crippen molar-refractivity contribution in [3.63, 3.8) is 0 Å². The molecule has 1 saturated heterocycles. The van der Waals surface area contributed by atoms with E-state index in [1.54, 1.807) is 0 Å². The predicted molar refractivity (Wildman–Crippen MR) is 34.6 cm³/mol. The number of hydrogen-bond donors (Lipinski definition) is 1. The summed E-state index contributed by atoms with van der Waals surface area (Å²) in [5.41, 5.74) is 5.62. The average Bonchev–Trinajstić information content (AvgIpc) is 2.10. The van der Waals surface area contributed by atoms with Crippen LogP contribution in [0.15, 0.2) is 0 Å². The van der Waals surface area contributed by atoms with Crippen LogP contribution in [0.1, 0.15) is 0 Å². The second kappa shape index (κ2) is 2.34. The van der Waals surface area contributed by atoms with E-state index < -0.39 is 0 Å². The Morgan fingerprint density at radius 1 is 1.67 bits per heavy atom. The van der Waals surface area contributed by atoms with E-state index in [9.17, 15) is 0 Å². The van der Waals surface area contributed by atoms with Crippen LogP contribution in [0.3, 0.4) is 0 Å². The van der Waals surface area contributed by atoms with E-state index in [4.69, 9.17) is 11.0 Å². The van der Waals surface area contributed by atoms with Gasteiger partial charge in [0.2, 0.25) is 0 Å². The highest BCUT2D eigenvalue weighted by molar-refractivity contribution is 4.97. The Balaban J connectivity index is 2.50. The molecule has 1 fully saturated rings. The maximum atomic E-state index is 8.50. The molecule has 50 valence electrons. The summed E-state index contributed by atoms with van der Waals surface area (Å²) in [6.07, 6.45) is 0. The lowest BCUT2D eigenvalue weighted by atomic mass is 10.1. The number of nitrogens with zero attached hydrogens (tertiary/aromatic N) is 2. The second-order valence-corrected chi connectivity index (χ2v) is 2.62. The van der Waals surface area contributed by atoms with Crippen molar-refractivity contribution in [1.29, 1.82) is 5.26 Å². The number of likely N-dealkylation sites (tertiary alicyclic amines) is 1. The lowest BCUT2D eigenvalue weighted by molar-refractivity contribution is 0.406. The van der Waals surface area contributed by atoms with Crippen LogP contribution in [0.5, 0.6) is 0 Å². The standard InChI is InChI=1S/C6H11N3/c1-9-3-5(2-7)6(8)4-9/h5-6H,3-4,8H2,1H3. The zero-order valence-corrected chi connectivity index (χ0v) is 5.54. The van der Waals surface area contributed by atoms with Crippen LogP contribution in [0.25, 0.3) is 0 Å². The van der Waals surface area contributed by atoms with Gasteiger partial charge in [0.15, 0.2) is 0 Å². The monoisotopic (exact) mass is 125 g/mol. The maximum Gasteiger partial charge on any atom is 0.0753 e. The van der Waals surface area contributed by atoms with Crippen molar-refractivity contribution in [3.05, 3.63) is 0 Å². The number of hydrogen-bond acceptors (Lipinski definition) is 3. The van der Waals surface area contributed by atoms with Gasteiger partial charge in [-0.25, -0.2) is 0 Å². The number of likely N-dealkylation sites (N-methyl/N-ethyl adjacent to an activating group) is 1. The van der Waals surface area contributed by atoms with Crippen LogP contribution in [-0.2, 0) is 0 Å². The summed E-state index contributed by atoms with van der Waals surface area (Å²) in [4.78, 5) is 2.08. The van der Waals surface area contributed by atoms with Crippen molar-refractivity contribution in [2.24, 2.45) is 11.7 Å². The van der Waals surface area contributed by atoms with Gasteiger partial charge < -0.3 is 10.6 Å². The molecule has 2 unspecified atom stereocenters. The zero-order valence-electron chi connectivity index (χ0n) is 5.54. The van der Waals surface area contributed by atoms with E-state index in [0.717, 1.165) is 13.1 Å². The minimum absolute atomic E-state index is 0.0509. The van der Waals surface area contributed by atoms with Gasteiger partial charge >= 0.3 is 0 Å². The molecular weight excluding hydrogens is 114 g/mol. The Morgan fingerprint density at radius 3 is 2.56 bits per heavy atom. The molecule has 1 aliphatic rings. The number of rotatable bonds is 0. The van der Waals surface area contributed by atoms with Gasteiger partial charge in [-0.05, 0) is 7.05 Å². The zero-order chi connectivity index (χ0) is 6.85. The van der Waals surface area contributed by atoms with E-state index >= 15 is 0 Å². The third kappa shape index (κ3) is 1.21. The fourth-order valence-electron chi connectivity index (χ4n) is 1.17.